The number of benzene rings is 2. The number of fused-ring (bicyclic) bond motifs is 1. The van der Waals surface area contributed by atoms with Gasteiger partial charge in [-0.05, 0) is 12.1 Å². The average Bonchev–Trinajstić information content (AvgIpc) is 3.11. The van der Waals surface area contributed by atoms with Gasteiger partial charge in [0.05, 0.1) is 11.3 Å². The van der Waals surface area contributed by atoms with E-state index in [1.54, 1.807) is 11.8 Å². The molecule has 0 N–H and O–H groups in total. The lowest BCUT2D eigenvalue weighted by atomic mass is 10.2. The minimum atomic E-state index is -0.222. The number of oxazole rings is 1. The Hall–Kier alpha value is -2.20. The van der Waals surface area contributed by atoms with Gasteiger partial charge in [0, 0.05) is 5.56 Å². The average molecular weight is 295 g/mol. The van der Waals surface area contributed by atoms with E-state index in [-0.39, 0.29) is 11.3 Å². The maximum atomic E-state index is 12.1. The van der Waals surface area contributed by atoms with Crippen molar-refractivity contribution in [2.75, 3.05) is 0 Å². The van der Waals surface area contributed by atoms with Gasteiger partial charge in [0.15, 0.2) is 0 Å². The van der Waals surface area contributed by atoms with Gasteiger partial charge in [0.2, 0.25) is 11.1 Å². The fraction of sp³-hybridized carbons (Fsp3) is 0.118. The molecule has 0 amide bonds. The Labute approximate surface area is 126 Å². The summed E-state index contributed by atoms with van der Waals surface area (Å²) >= 11 is 1.76. The maximum Gasteiger partial charge on any atom is 0.270 e. The summed E-state index contributed by atoms with van der Waals surface area (Å²) in [6.45, 7) is 0. The Balaban J connectivity index is 1.88. The fourth-order valence-corrected chi connectivity index (χ4v) is 3.96. The van der Waals surface area contributed by atoms with Crippen LogP contribution in [0.25, 0.3) is 11.5 Å². The van der Waals surface area contributed by atoms with Crippen molar-refractivity contribution < 1.29 is 14.1 Å². The predicted molar refractivity (Wildman–Crippen MR) is 79.7 cm³/mol. The van der Waals surface area contributed by atoms with E-state index in [0.717, 1.165) is 11.3 Å². The topological polar surface area (TPSA) is 40.1 Å². The van der Waals surface area contributed by atoms with Crippen molar-refractivity contribution in [3.05, 3.63) is 71.9 Å². The van der Waals surface area contributed by atoms with Crippen molar-refractivity contribution in [2.24, 2.45) is 0 Å². The van der Waals surface area contributed by atoms with Crippen molar-refractivity contribution in [1.82, 2.24) is 0 Å². The van der Waals surface area contributed by atoms with Crippen molar-refractivity contribution in [3.63, 3.8) is 0 Å². The van der Waals surface area contributed by atoms with Crippen LogP contribution in [0.1, 0.15) is 16.6 Å². The van der Waals surface area contributed by atoms with E-state index in [0.29, 0.717) is 11.6 Å². The number of nitrogens with zero attached hydrogens (tertiary/aromatic N) is 1. The minimum absolute atomic E-state index is 0.0999. The second-order valence-electron chi connectivity index (χ2n) is 4.95. The lowest BCUT2D eigenvalue weighted by Crippen LogP contribution is -2.38. The van der Waals surface area contributed by atoms with Gasteiger partial charge in [-0.1, -0.05) is 60.3 Å². The van der Waals surface area contributed by atoms with Gasteiger partial charge in [-0.25, -0.2) is 0 Å². The molecule has 0 unspecified atom stereocenters. The summed E-state index contributed by atoms with van der Waals surface area (Å²) in [5.74, 6) is 1.11. The fourth-order valence-electron chi connectivity index (χ4n) is 2.67. The Bertz CT molecular complexity index is 768. The third-order valence-electron chi connectivity index (χ3n) is 3.65. The van der Waals surface area contributed by atoms with Gasteiger partial charge < -0.3 is 9.52 Å². The Morgan fingerprint density at radius 1 is 1.00 bits per heavy atom. The first-order chi connectivity index (χ1) is 10.3. The SMILES string of the molecule is [O-]c1oc(-c2ccccc2)[n+]2c1CS[C@@H]2c1ccccc1. The molecule has 4 rings (SSSR count). The second-order valence-corrected chi connectivity index (χ2v) is 6.02. The largest absolute Gasteiger partial charge is 0.540 e. The summed E-state index contributed by atoms with van der Waals surface area (Å²) in [5, 5.41) is 12.2. The molecular weight excluding hydrogens is 282 g/mol. The number of hydrogen-bond acceptors (Lipinski definition) is 3. The van der Waals surface area contributed by atoms with Crippen LogP contribution in [-0.4, -0.2) is 0 Å². The molecule has 21 heavy (non-hydrogen) atoms. The molecule has 104 valence electrons. The van der Waals surface area contributed by atoms with Gasteiger partial charge in [-0.15, -0.1) is 0 Å². The van der Waals surface area contributed by atoms with Crippen molar-refractivity contribution in [2.45, 2.75) is 11.1 Å². The van der Waals surface area contributed by atoms with Gasteiger partial charge in [-0.3, -0.25) is 0 Å². The van der Waals surface area contributed by atoms with Crippen LogP contribution in [0.5, 0.6) is 5.95 Å². The van der Waals surface area contributed by atoms with E-state index >= 15 is 0 Å². The van der Waals surface area contributed by atoms with E-state index in [2.05, 4.69) is 12.1 Å². The lowest BCUT2D eigenvalue weighted by Gasteiger charge is -2.08. The van der Waals surface area contributed by atoms with Crippen molar-refractivity contribution in [3.8, 4) is 17.4 Å². The molecule has 0 spiro atoms. The third kappa shape index (κ3) is 2.03. The first-order valence-corrected chi connectivity index (χ1v) is 7.85. The highest BCUT2D eigenvalue weighted by molar-refractivity contribution is 7.98. The standard InChI is InChI=1S/C17H13NO2S/c19-17-14-11-21-16(13-9-5-2-6-10-13)18(14)15(20-17)12-7-3-1-4-8-12/h1-10,16H,11H2/t16-/m1/s1. The molecule has 2 aromatic carbocycles. The molecule has 4 heteroatoms. The zero-order valence-corrected chi connectivity index (χ0v) is 12.0. The molecule has 0 saturated heterocycles. The van der Waals surface area contributed by atoms with Crippen LogP contribution in [0.2, 0.25) is 0 Å². The molecule has 0 saturated carbocycles. The number of thioether (sulfide) groups is 1. The molecule has 0 aliphatic carbocycles. The molecule has 2 heterocycles. The molecule has 1 aromatic heterocycles. The number of hydrogen-bond donors (Lipinski definition) is 0. The highest BCUT2D eigenvalue weighted by Crippen LogP contribution is 2.40. The van der Waals surface area contributed by atoms with Crippen LogP contribution in [0, 0.1) is 0 Å². The Kier molecular flexibility index (Phi) is 2.97. The minimum Gasteiger partial charge on any atom is -0.540 e. The van der Waals surface area contributed by atoms with Crippen molar-refractivity contribution in [1.29, 1.82) is 0 Å². The molecular formula is C17H13NO2S. The summed E-state index contributed by atoms with van der Waals surface area (Å²) in [6, 6.07) is 20.0. The third-order valence-corrected chi connectivity index (χ3v) is 4.89. The molecule has 1 atom stereocenters. The van der Waals surface area contributed by atoms with Crippen molar-refractivity contribution >= 4 is 11.8 Å². The highest BCUT2D eigenvalue weighted by Gasteiger charge is 2.38. The zero-order valence-electron chi connectivity index (χ0n) is 11.2. The lowest BCUT2D eigenvalue weighted by molar-refractivity contribution is -0.684. The van der Waals surface area contributed by atoms with Crippen LogP contribution < -0.4 is 9.67 Å². The van der Waals surface area contributed by atoms with Crippen LogP contribution >= 0.6 is 11.8 Å². The molecule has 0 radical (unpaired) electrons. The van der Waals surface area contributed by atoms with Gasteiger partial charge in [0.25, 0.3) is 5.89 Å². The summed E-state index contributed by atoms with van der Waals surface area (Å²) in [5.41, 5.74) is 2.86. The molecule has 1 aliphatic rings. The van der Waals surface area contributed by atoms with E-state index in [1.165, 1.54) is 5.56 Å². The normalized spacial score (nSPS) is 16.9. The quantitative estimate of drug-likeness (QED) is 0.682. The molecule has 0 bridgehead atoms. The van der Waals surface area contributed by atoms with Gasteiger partial charge in [-0.2, -0.15) is 4.57 Å². The van der Waals surface area contributed by atoms with Gasteiger partial charge >= 0.3 is 0 Å². The maximum absolute atomic E-state index is 12.1. The smallest absolute Gasteiger partial charge is 0.270 e. The number of aromatic nitrogens is 1. The van der Waals surface area contributed by atoms with Crippen LogP contribution in [0.15, 0.2) is 65.1 Å². The highest BCUT2D eigenvalue weighted by atomic mass is 32.2. The Morgan fingerprint density at radius 2 is 1.67 bits per heavy atom. The van der Waals surface area contributed by atoms with E-state index in [1.807, 2.05) is 53.1 Å². The van der Waals surface area contributed by atoms with Crippen LogP contribution in [0.4, 0.5) is 0 Å². The molecule has 3 aromatic rings. The second kappa shape index (κ2) is 4.97. The first kappa shape index (κ1) is 12.5. The van der Waals surface area contributed by atoms with E-state index < -0.39 is 0 Å². The van der Waals surface area contributed by atoms with E-state index in [4.69, 9.17) is 4.42 Å². The molecule has 3 nitrogen and oxygen atoms in total. The molecule has 0 fully saturated rings. The summed E-state index contributed by atoms with van der Waals surface area (Å²) in [7, 11) is 0. The van der Waals surface area contributed by atoms with Gasteiger partial charge in [0.1, 0.15) is 5.95 Å². The summed E-state index contributed by atoms with van der Waals surface area (Å²) in [4.78, 5) is 0. The Morgan fingerprint density at radius 3 is 2.38 bits per heavy atom. The summed E-state index contributed by atoms with van der Waals surface area (Å²) in [6.07, 6.45) is 0. The summed E-state index contributed by atoms with van der Waals surface area (Å²) < 4.78 is 7.56. The monoisotopic (exact) mass is 295 g/mol. The first-order valence-electron chi connectivity index (χ1n) is 6.81. The number of rotatable bonds is 2. The van der Waals surface area contributed by atoms with Crippen LogP contribution in [0.3, 0.4) is 0 Å². The van der Waals surface area contributed by atoms with E-state index in [9.17, 15) is 5.11 Å². The predicted octanol–water partition coefficient (Wildman–Crippen LogP) is 3.10. The molecule has 1 aliphatic heterocycles. The van der Waals surface area contributed by atoms with Crippen LogP contribution in [-0.2, 0) is 5.75 Å². The zero-order chi connectivity index (χ0) is 14.2.